The highest BCUT2D eigenvalue weighted by atomic mass is 16.5. The van der Waals surface area contributed by atoms with Crippen molar-refractivity contribution in [3.63, 3.8) is 0 Å². The molecule has 1 aliphatic carbocycles. The minimum absolute atomic E-state index is 0.222. The van der Waals surface area contributed by atoms with Crippen LogP contribution in [0.4, 0.5) is 0 Å². The molecule has 0 amide bonds. The van der Waals surface area contributed by atoms with Crippen LogP contribution in [0.5, 0.6) is 5.75 Å². The number of fused-ring (bicyclic) bond motifs is 1. The molecule has 1 N–H and O–H groups in total. The summed E-state index contributed by atoms with van der Waals surface area (Å²) in [6.07, 6.45) is 4.69. The van der Waals surface area contributed by atoms with Crippen molar-refractivity contribution in [2.45, 2.75) is 84.1 Å². The molecule has 2 aromatic carbocycles. The van der Waals surface area contributed by atoms with Gasteiger partial charge in [0.05, 0.1) is 6.61 Å². The second-order valence-electron chi connectivity index (χ2n) is 10.2. The fraction of sp³-hybridized carbons (Fsp3) is 0.556. The zero-order valence-corrected chi connectivity index (χ0v) is 19.3. The summed E-state index contributed by atoms with van der Waals surface area (Å²) in [7, 11) is 0. The van der Waals surface area contributed by atoms with Gasteiger partial charge >= 0.3 is 0 Å². The van der Waals surface area contributed by atoms with Gasteiger partial charge < -0.3 is 10.1 Å². The first-order chi connectivity index (χ1) is 13.7. The van der Waals surface area contributed by atoms with E-state index in [1.165, 1.54) is 35.1 Å². The van der Waals surface area contributed by atoms with Gasteiger partial charge in [0, 0.05) is 11.6 Å². The number of unbranched alkanes of at least 4 members (excludes halogenated alkanes) is 1. The third kappa shape index (κ3) is 5.22. The van der Waals surface area contributed by atoms with E-state index in [2.05, 4.69) is 89.3 Å². The van der Waals surface area contributed by atoms with Gasteiger partial charge in [0.15, 0.2) is 0 Å². The lowest BCUT2D eigenvalue weighted by Gasteiger charge is -2.42. The molecule has 0 bridgehead atoms. The summed E-state index contributed by atoms with van der Waals surface area (Å²) in [6.45, 7) is 15.7. The van der Waals surface area contributed by atoms with Gasteiger partial charge in [-0.3, -0.25) is 0 Å². The number of para-hydroxylation sites is 1. The Kier molecular flexibility index (Phi) is 6.73. The molecule has 2 aromatic rings. The smallest absolute Gasteiger partial charge is 0.127 e. The Bertz CT molecular complexity index is 819. The topological polar surface area (TPSA) is 21.3 Å². The first-order valence-corrected chi connectivity index (χ1v) is 11.3. The fourth-order valence-corrected chi connectivity index (χ4v) is 4.39. The minimum atomic E-state index is 0.222. The molecule has 0 unspecified atom stereocenters. The highest BCUT2D eigenvalue weighted by Crippen LogP contribution is 2.47. The van der Waals surface area contributed by atoms with E-state index in [4.69, 9.17) is 4.74 Å². The predicted molar refractivity (Wildman–Crippen MR) is 125 cm³/mol. The molecule has 1 aliphatic rings. The molecule has 2 heteroatoms. The van der Waals surface area contributed by atoms with Crippen molar-refractivity contribution in [3.05, 3.63) is 53.6 Å². The molecule has 0 radical (unpaired) electrons. The Balaban J connectivity index is 1.78. The summed E-state index contributed by atoms with van der Waals surface area (Å²) in [5.41, 5.74) is 5.96. The fourth-order valence-electron chi connectivity index (χ4n) is 4.39. The number of ether oxygens (including phenoxy) is 1. The highest BCUT2D eigenvalue weighted by molar-refractivity contribution is 5.72. The summed E-state index contributed by atoms with van der Waals surface area (Å²) in [4.78, 5) is 0. The van der Waals surface area contributed by atoms with E-state index in [9.17, 15) is 0 Å². The third-order valence-corrected chi connectivity index (χ3v) is 6.43. The van der Waals surface area contributed by atoms with Crippen molar-refractivity contribution in [3.8, 4) is 16.9 Å². The van der Waals surface area contributed by atoms with E-state index in [0.717, 1.165) is 31.7 Å². The summed E-state index contributed by atoms with van der Waals surface area (Å²) >= 11 is 0. The van der Waals surface area contributed by atoms with E-state index in [-0.39, 0.29) is 10.8 Å². The summed E-state index contributed by atoms with van der Waals surface area (Å²) in [6, 6.07) is 16.1. The molecule has 0 heterocycles. The minimum Gasteiger partial charge on any atom is -0.493 e. The van der Waals surface area contributed by atoms with Gasteiger partial charge in [0.1, 0.15) is 5.75 Å². The lowest BCUT2D eigenvalue weighted by Crippen LogP contribution is -2.33. The number of hydrogen-bond donors (Lipinski definition) is 1. The molecule has 0 spiro atoms. The maximum Gasteiger partial charge on any atom is 0.127 e. The first kappa shape index (κ1) is 21.9. The first-order valence-electron chi connectivity index (χ1n) is 11.3. The van der Waals surface area contributed by atoms with Crippen LogP contribution in [0, 0.1) is 0 Å². The molecule has 2 nitrogen and oxygen atoms in total. The average Bonchev–Trinajstić information content (AvgIpc) is 2.68. The van der Waals surface area contributed by atoms with E-state index < -0.39 is 0 Å². The molecule has 158 valence electrons. The van der Waals surface area contributed by atoms with Gasteiger partial charge in [-0.05, 0) is 65.8 Å². The lowest BCUT2D eigenvalue weighted by molar-refractivity contribution is 0.306. The van der Waals surface area contributed by atoms with Crippen LogP contribution in [0.15, 0.2) is 42.5 Å². The highest BCUT2D eigenvalue weighted by Gasteiger charge is 2.37. The Morgan fingerprint density at radius 3 is 2.31 bits per heavy atom. The molecular formula is C27H39NO. The molecule has 3 rings (SSSR count). The van der Waals surface area contributed by atoms with Crippen molar-refractivity contribution in [2.24, 2.45) is 0 Å². The maximum atomic E-state index is 6.21. The zero-order valence-electron chi connectivity index (χ0n) is 19.3. The molecule has 0 atom stereocenters. The van der Waals surface area contributed by atoms with Gasteiger partial charge in [-0.2, -0.15) is 0 Å². The van der Waals surface area contributed by atoms with Crippen LogP contribution in [0.3, 0.4) is 0 Å². The second-order valence-corrected chi connectivity index (χ2v) is 10.2. The van der Waals surface area contributed by atoms with Crippen LogP contribution >= 0.6 is 0 Å². The van der Waals surface area contributed by atoms with Gasteiger partial charge in [-0.1, -0.05) is 77.9 Å². The SMILES string of the molecule is CC(C)NCCCCOc1ccccc1-c1ccc2c(c1)C(C)(C)CCC2(C)C. The van der Waals surface area contributed by atoms with Gasteiger partial charge in [0.2, 0.25) is 0 Å². The molecule has 0 saturated heterocycles. The number of hydrogen-bond acceptors (Lipinski definition) is 2. The molecule has 0 fully saturated rings. The summed E-state index contributed by atoms with van der Waals surface area (Å²) < 4.78 is 6.21. The van der Waals surface area contributed by atoms with Crippen molar-refractivity contribution >= 4 is 0 Å². The second kappa shape index (κ2) is 8.92. The average molecular weight is 394 g/mol. The van der Waals surface area contributed by atoms with Crippen molar-refractivity contribution in [2.75, 3.05) is 13.2 Å². The standard InChI is InChI=1S/C27H39NO/c1-20(2)28-17-9-10-18-29-25-12-8-7-11-22(25)21-13-14-23-24(19-21)27(5,6)16-15-26(23,3)4/h7-8,11-14,19-20,28H,9-10,15-18H2,1-6H3. The Morgan fingerprint density at radius 2 is 1.59 bits per heavy atom. The normalized spacial score (nSPS) is 17.2. The van der Waals surface area contributed by atoms with Crippen LogP contribution in [-0.2, 0) is 10.8 Å². The predicted octanol–water partition coefficient (Wildman–Crippen LogP) is 6.86. The van der Waals surface area contributed by atoms with Crippen molar-refractivity contribution < 1.29 is 4.74 Å². The van der Waals surface area contributed by atoms with Crippen molar-refractivity contribution in [1.82, 2.24) is 5.32 Å². The monoisotopic (exact) mass is 393 g/mol. The number of benzene rings is 2. The number of rotatable bonds is 8. The zero-order chi connectivity index (χ0) is 21.1. The molecule has 29 heavy (non-hydrogen) atoms. The van der Waals surface area contributed by atoms with E-state index in [1.54, 1.807) is 0 Å². The largest absolute Gasteiger partial charge is 0.493 e. The van der Waals surface area contributed by atoms with Crippen LogP contribution in [0.1, 0.15) is 78.4 Å². The third-order valence-electron chi connectivity index (χ3n) is 6.43. The van der Waals surface area contributed by atoms with E-state index >= 15 is 0 Å². The summed E-state index contributed by atoms with van der Waals surface area (Å²) in [5, 5.41) is 3.47. The van der Waals surface area contributed by atoms with Crippen LogP contribution in [-0.4, -0.2) is 19.2 Å². The maximum absolute atomic E-state index is 6.21. The van der Waals surface area contributed by atoms with Gasteiger partial charge in [-0.25, -0.2) is 0 Å². The van der Waals surface area contributed by atoms with Crippen LogP contribution in [0.25, 0.3) is 11.1 Å². The van der Waals surface area contributed by atoms with Crippen LogP contribution in [0.2, 0.25) is 0 Å². The molecular weight excluding hydrogens is 354 g/mol. The molecule has 0 aromatic heterocycles. The Morgan fingerprint density at radius 1 is 0.897 bits per heavy atom. The number of nitrogens with one attached hydrogen (secondary N) is 1. The van der Waals surface area contributed by atoms with E-state index in [1.807, 2.05) is 0 Å². The van der Waals surface area contributed by atoms with Gasteiger partial charge in [0.25, 0.3) is 0 Å². The Hall–Kier alpha value is -1.80. The molecule has 0 saturated carbocycles. The van der Waals surface area contributed by atoms with Crippen molar-refractivity contribution in [1.29, 1.82) is 0 Å². The quantitative estimate of drug-likeness (QED) is 0.495. The summed E-state index contributed by atoms with van der Waals surface area (Å²) in [5.74, 6) is 0.997. The Labute approximate surface area is 178 Å². The van der Waals surface area contributed by atoms with E-state index in [0.29, 0.717) is 6.04 Å². The van der Waals surface area contributed by atoms with Crippen LogP contribution < -0.4 is 10.1 Å². The lowest BCUT2D eigenvalue weighted by atomic mass is 9.63. The molecule has 0 aliphatic heterocycles. The van der Waals surface area contributed by atoms with Gasteiger partial charge in [-0.15, -0.1) is 0 Å².